The van der Waals surface area contributed by atoms with Gasteiger partial charge in [-0.15, -0.1) is 0 Å². The van der Waals surface area contributed by atoms with Gasteiger partial charge in [0.25, 0.3) is 0 Å². The maximum absolute atomic E-state index is 13.2. The number of nitrogens with zero attached hydrogens (tertiary/aromatic N) is 3. The first-order valence-electron chi connectivity index (χ1n) is 6.06. The summed E-state index contributed by atoms with van der Waals surface area (Å²) in [6.07, 6.45) is -3.25. The predicted molar refractivity (Wildman–Crippen MR) is 80.7 cm³/mol. The molecule has 0 spiro atoms. The highest BCUT2D eigenvalue weighted by atomic mass is 127. The molecule has 9 heteroatoms. The van der Waals surface area contributed by atoms with Crippen LogP contribution in [0.4, 0.5) is 13.2 Å². The monoisotopic (exact) mass is 420 g/mol. The summed E-state index contributed by atoms with van der Waals surface area (Å²) in [6.45, 7) is 1.59. The van der Waals surface area contributed by atoms with Crippen LogP contribution in [0.25, 0.3) is 11.0 Å². The molecule has 0 aliphatic heterocycles. The lowest BCUT2D eigenvalue weighted by atomic mass is 10.1. The Balaban J connectivity index is 2.10. The smallest absolute Gasteiger partial charge is 0.418 e. The van der Waals surface area contributed by atoms with Crippen molar-refractivity contribution in [1.29, 1.82) is 0 Å². The van der Waals surface area contributed by atoms with E-state index < -0.39 is 11.7 Å². The Bertz CT molecular complexity index is 847. The van der Waals surface area contributed by atoms with Crippen molar-refractivity contribution in [3.8, 4) is 11.6 Å². The number of fused-ring (bicyclic) bond motifs is 1. The summed E-state index contributed by atoms with van der Waals surface area (Å²) in [7, 11) is 0. The number of aromatic amines is 1. The van der Waals surface area contributed by atoms with E-state index in [2.05, 4.69) is 19.9 Å². The topological polar surface area (TPSA) is 63.7 Å². The van der Waals surface area contributed by atoms with E-state index in [0.29, 0.717) is 9.53 Å². The summed E-state index contributed by atoms with van der Waals surface area (Å²) in [4.78, 5) is 14.4. The number of hydrogen-bond donors (Lipinski definition) is 1. The molecular formula is C13H8F3IN4O. The molecule has 0 aliphatic carbocycles. The van der Waals surface area contributed by atoms with Gasteiger partial charge in [0.1, 0.15) is 27.1 Å². The normalized spacial score (nSPS) is 11.9. The van der Waals surface area contributed by atoms with Crippen LogP contribution in [-0.2, 0) is 6.18 Å². The van der Waals surface area contributed by atoms with Gasteiger partial charge >= 0.3 is 6.18 Å². The standard InChI is InChI=1S/C13H8F3IN4O/c1-6-20-9-3-7(22-11-4-10(17)18-5-19-11)2-8(12(9)21-6)13(14,15)16/h2-5H,1H3,(H,20,21). The molecule has 0 unspecified atom stereocenters. The number of benzene rings is 1. The van der Waals surface area contributed by atoms with Crippen LogP contribution in [0.1, 0.15) is 11.4 Å². The summed E-state index contributed by atoms with van der Waals surface area (Å²) in [5, 5.41) is 0. The summed E-state index contributed by atoms with van der Waals surface area (Å²) in [5.41, 5.74) is -0.728. The van der Waals surface area contributed by atoms with Gasteiger partial charge in [0.2, 0.25) is 5.88 Å². The van der Waals surface area contributed by atoms with Gasteiger partial charge in [0.15, 0.2) is 0 Å². The molecule has 3 rings (SSSR count). The molecular weight excluding hydrogens is 412 g/mol. The quantitative estimate of drug-likeness (QED) is 0.502. The first-order valence-corrected chi connectivity index (χ1v) is 7.14. The number of ether oxygens (including phenoxy) is 1. The second-order valence-electron chi connectivity index (χ2n) is 4.47. The van der Waals surface area contributed by atoms with Gasteiger partial charge in [-0.05, 0) is 35.6 Å². The van der Waals surface area contributed by atoms with Gasteiger partial charge in [-0.3, -0.25) is 0 Å². The zero-order chi connectivity index (χ0) is 15.9. The number of H-pyrrole nitrogens is 1. The van der Waals surface area contributed by atoms with Crippen LogP contribution in [-0.4, -0.2) is 19.9 Å². The molecule has 22 heavy (non-hydrogen) atoms. The highest BCUT2D eigenvalue weighted by Gasteiger charge is 2.34. The average molecular weight is 420 g/mol. The van der Waals surface area contributed by atoms with Crippen LogP contribution in [0, 0.1) is 10.6 Å². The number of aryl methyl sites for hydroxylation is 1. The number of imidazole rings is 1. The number of aromatic nitrogens is 4. The largest absolute Gasteiger partial charge is 0.439 e. The third kappa shape index (κ3) is 2.98. The maximum Gasteiger partial charge on any atom is 0.418 e. The van der Waals surface area contributed by atoms with E-state index in [-0.39, 0.29) is 22.7 Å². The molecule has 0 aliphatic rings. The van der Waals surface area contributed by atoms with Crippen molar-refractivity contribution in [2.24, 2.45) is 0 Å². The second-order valence-corrected chi connectivity index (χ2v) is 5.57. The molecule has 5 nitrogen and oxygen atoms in total. The fraction of sp³-hybridized carbons (Fsp3) is 0.154. The molecule has 114 valence electrons. The summed E-state index contributed by atoms with van der Waals surface area (Å²) in [5.74, 6) is 0.593. The summed E-state index contributed by atoms with van der Waals surface area (Å²) < 4.78 is 45.6. The fourth-order valence-corrected chi connectivity index (χ4v) is 2.37. The zero-order valence-corrected chi connectivity index (χ0v) is 13.2. The summed E-state index contributed by atoms with van der Waals surface area (Å²) in [6, 6.07) is 3.90. The lowest BCUT2D eigenvalue weighted by Gasteiger charge is -2.10. The van der Waals surface area contributed by atoms with Gasteiger partial charge in [-0.2, -0.15) is 13.2 Å². The van der Waals surface area contributed by atoms with Crippen LogP contribution >= 0.6 is 22.6 Å². The van der Waals surface area contributed by atoms with E-state index in [1.807, 2.05) is 22.6 Å². The number of halogens is 4. The van der Waals surface area contributed by atoms with Crippen molar-refractivity contribution >= 4 is 33.6 Å². The molecule has 1 aromatic carbocycles. The van der Waals surface area contributed by atoms with Crippen LogP contribution in [0.3, 0.4) is 0 Å². The van der Waals surface area contributed by atoms with E-state index >= 15 is 0 Å². The molecule has 0 amide bonds. The number of alkyl halides is 3. The van der Waals surface area contributed by atoms with Crippen molar-refractivity contribution in [1.82, 2.24) is 19.9 Å². The minimum Gasteiger partial charge on any atom is -0.439 e. The molecule has 3 aromatic rings. The first kappa shape index (κ1) is 15.0. The van der Waals surface area contributed by atoms with Crippen LogP contribution in [0.15, 0.2) is 24.5 Å². The Labute approximate surface area is 136 Å². The predicted octanol–water partition coefficient (Wildman–Crippen LogP) is 4.08. The molecule has 0 atom stereocenters. The number of hydrogen-bond acceptors (Lipinski definition) is 4. The SMILES string of the molecule is Cc1nc2c(C(F)(F)F)cc(Oc3cc(I)ncn3)cc2[nH]1. The maximum atomic E-state index is 13.2. The Morgan fingerprint density at radius 3 is 2.64 bits per heavy atom. The van der Waals surface area contributed by atoms with Crippen molar-refractivity contribution < 1.29 is 17.9 Å². The van der Waals surface area contributed by atoms with E-state index in [1.54, 1.807) is 6.92 Å². The van der Waals surface area contributed by atoms with Gasteiger partial charge in [0.05, 0.1) is 11.1 Å². The molecule has 0 radical (unpaired) electrons. The minimum absolute atomic E-state index is 0.0259. The molecule has 0 bridgehead atoms. The van der Waals surface area contributed by atoms with Gasteiger partial charge < -0.3 is 9.72 Å². The highest BCUT2D eigenvalue weighted by Crippen LogP contribution is 2.37. The molecule has 1 N–H and O–H groups in total. The van der Waals surface area contributed by atoms with E-state index in [0.717, 1.165) is 6.07 Å². The number of nitrogens with one attached hydrogen (secondary N) is 1. The minimum atomic E-state index is -4.53. The second kappa shape index (κ2) is 5.38. The molecule has 0 saturated carbocycles. The van der Waals surface area contributed by atoms with E-state index in [1.165, 1.54) is 18.5 Å². The third-order valence-corrected chi connectivity index (χ3v) is 3.40. The van der Waals surface area contributed by atoms with Crippen LogP contribution in [0.2, 0.25) is 0 Å². The highest BCUT2D eigenvalue weighted by molar-refractivity contribution is 14.1. The lowest BCUT2D eigenvalue weighted by molar-refractivity contribution is -0.136. The van der Waals surface area contributed by atoms with Gasteiger partial charge in [-0.25, -0.2) is 15.0 Å². The lowest BCUT2D eigenvalue weighted by Crippen LogP contribution is -2.06. The average Bonchev–Trinajstić information content (AvgIpc) is 2.76. The Morgan fingerprint density at radius 1 is 1.18 bits per heavy atom. The van der Waals surface area contributed by atoms with Crippen molar-refractivity contribution in [3.05, 3.63) is 39.6 Å². The fourth-order valence-electron chi connectivity index (χ4n) is 1.98. The Morgan fingerprint density at radius 2 is 1.95 bits per heavy atom. The Kier molecular flexibility index (Phi) is 3.67. The van der Waals surface area contributed by atoms with Crippen LogP contribution < -0.4 is 4.74 Å². The summed E-state index contributed by atoms with van der Waals surface area (Å²) >= 11 is 1.96. The molecule has 2 aromatic heterocycles. The zero-order valence-electron chi connectivity index (χ0n) is 11.1. The molecule has 2 heterocycles. The van der Waals surface area contributed by atoms with Crippen molar-refractivity contribution in [2.75, 3.05) is 0 Å². The van der Waals surface area contributed by atoms with Crippen molar-refractivity contribution in [3.63, 3.8) is 0 Å². The van der Waals surface area contributed by atoms with Crippen molar-refractivity contribution in [2.45, 2.75) is 13.1 Å². The van der Waals surface area contributed by atoms with Gasteiger partial charge in [0, 0.05) is 12.1 Å². The molecule has 0 saturated heterocycles. The Hall–Kier alpha value is -1.91. The van der Waals surface area contributed by atoms with E-state index in [9.17, 15) is 13.2 Å². The molecule has 0 fully saturated rings. The van der Waals surface area contributed by atoms with Gasteiger partial charge in [-0.1, -0.05) is 0 Å². The van der Waals surface area contributed by atoms with Crippen LogP contribution in [0.5, 0.6) is 11.6 Å². The first-order chi connectivity index (χ1) is 10.3. The third-order valence-electron chi connectivity index (χ3n) is 2.81. The number of rotatable bonds is 2. The van der Waals surface area contributed by atoms with E-state index in [4.69, 9.17) is 4.74 Å².